The first-order valence-corrected chi connectivity index (χ1v) is 10.6. The lowest BCUT2D eigenvalue weighted by Crippen LogP contribution is -2.27. The van der Waals surface area contributed by atoms with Gasteiger partial charge in [-0.05, 0) is 49.2 Å². The summed E-state index contributed by atoms with van der Waals surface area (Å²) in [6.07, 6.45) is 0. The number of rotatable bonds is 6. The maximum absolute atomic E-state index is 14.8. The molecule has 1 aliphatic rings. The molecule has 0 saturated carbocycles. The first kappa shape index (κ1) is 23.0. The summed E-state index contributed by atoms with van der Waals surface area (Å²) in [5.41, 5.74) is 0.886. The van der Waals surface area contributed by atoms with E-state index in [1.54, 1.807) is 55.5 Å². The molecule has 0 saturated heterocycles. The van der Waals surface area contributed by atoms with Gasteiger partial charge in [0.1, 0.15) is 17.9 Å². The van der Waals surface area contributed by atoms with E-state index in [1.807, 2.05) is 0 Å². The third-order valence-corrected chi connectivity index (χ3v) is 5.39. The summed E-state index contributed by atoms with van der Waals surface area (Å²) in [6, 6.07) is 12.6. The van der Waals surface area contributed by atoms with Gasteiger partial charge >= 0.3 is 11.9 Å². The Kier molecular flexibility index (Phi) is 7.51. The van der Waals surface area contributed by atoms with Crippen LogP contribution in [0.15, 0.2) is 75.9 Å². The van der Waals surface area contributed by atoms with Gasteiger partial charge < -0.3 is 14.2 Å². The highest BCUT2D eigenvalue weighted by molar-refractivity contribution is 9.10. The molecule has 8 heteroatoms. The zero-order valence-corrected chi connectivity index (χ0v) is 19.1. The van der Waals surface area contributed by atoms with Crippen molar-refractivity contribution in [1.29, 1.82) is 0 Å². The molecule has 0 fully saturated rings. The number of hydrogen-bond donors (Lipinski definition) is 0. The van der Waals surface area contributed by atoms with Crippen molar-refractivity contribution in [3.8, 4) is 0 Å². The molecule has 0 aromatic heterocycles. The lowest BCUT2D eigenvalue weighted by atomic mass is 9.83. The summed E-state index contributed by atoms with van der Waals surface area (Å²) >= 11 is 9.23. The van der Waals surface area contributed by atoms with Crippen LogP contribution in [0.2, 0.25) is 5.02 Å². The molecule has 2 aromatic carbocycles. The normalized spacial score (nSPS) is 16.1. The molecule has 0 amide bonds. The van der Waals surface area contributed by atoms with E-state index in [4.69, 9.17) is 25.8 Å². The van der Waals surface area contributed by atoms with Crippen LogP contribution in [0.5, 0.6) is 0 Å². The molecule has 0 aliphatic carbocycles. The van der Waals surface area contributed by atoms with E-state index in [9.17, 15) is 14.0 Å². The van der Waals surface area contributed by atoms with Gasteiger partial charge in [-0.25, -0.2) is 9.59 Å². The van der Waals surface area contributed by atoms with Crippen molar-refractivity contribution in [3.63, 3.8) is 0 Å². The molecule has 5 nitrogen and oxygen atoms in total. The second kappa shape index (κ2) is 10.1. The fourth-order valence-corrected chi connectivity index (χ4v) is 3.56. The van der Waals surface area contributed by atoms with E-state index >= 15 is 0 Å². The van der Waals surface area contributed by atoms with Gasteiger partial charge in [-0.3, -0.25) is 0 Å². The molecule has 31 heavy (non-hydrogen) atoms. The molecule has 1 atom stereocenters. The van der Waals surface area contributed by atoms with Crippen LogP contribution in [0, 0.1) is 0 Å². The number of halogens is 3. The minimum atomic E-state index is -1.10. The summed E-state index contributed by atoms with van der Waals surface area (Å²) in [5, 5.41) is 0.560. The van der Waals surface area contributed by atoms with Gasteiger partial charge in [0.25, 0.3) is 6.01 Å². The van der Waals surface area contributed by atoms with Gasteiger partial charge in [0.15, 0.2) is 0 Å². The highest BCUT2D eigenvalue weighted by Crippen LogP contribution is 2.42. The Bertz CT molecular complexity index is 1040. The molecule has 1 aliphatic heterocycles. The maximum Gasteiger partial charge on any atom is 0.341 e. The monoisotopic (exact) mass is 508 g/mol. The fourth-order valence-electron chi connectivity index (χ4n) is 3.17. The zero-order valence-electron chi connectivity index (χ0n) is 16.8. The van der Waals surface area contributed by atoms with Crippen LogP contribution in [0.4, 0.5) is 4.39 Å². The molecule has 162 valence electrons. The lowest BCUT2D eigenvalue weighted by Gasteiger charge is -2.27. The molecule has 0 bridgehead atoms. The second-order valence-corrected chi connectivity index (χ2v) is 8.02. The zero-order chi connectivity index (χ0) is 22.5. The highest BCUT2D eigenvalue weighted by Gasteiger charge is 2.41. The third kappa shape index (κ3) is 5.35. The molecule has 0 spiro atoms. The Balaban J connectivity index is 1.97. The van der Waals surface area contributed by atoms with Crippen LogP contribution in [0.1, 0.15) is 30.9 Å². The molecule has 0 N–H and O–H groups in total. The number of benzene rings is 2. The number of esters is 2. The number of allylic oxidation sites excluding steroid dienone is 1. The van der Waals surface area contributed by atoms with Crippen LogP contribution in [-0.2, 0) is 30.4 Å². The Morgan fingerprint density at radius 1 is 1.03 bits per heavy atom. The Morgan fingerprint density at radius 2 is 1.65 bits per heavy atom. The Labute approximate surface area is 192 Å². The van der Waals surface area contributed by atoms with Gasteiger partial charge in [0.2, 0.25) is 0 Å². The van der Waals surface area contributed by atoms with E-state index in [0.717, 1.165) is 10.0 Å². The molecular formula is C23H19BrClFO5. The van der Waals surface area contributed by atoms with Crippen molar-refractivity contribution >= 4 is 39.5 Å². The molecular weight excluding hydrogens is 491 g/mol. The molecule has 2 aromatic rings. The van der Waals surface area contributed by atoms with Crippen LogP contribution in [0.25, 0.3) is 0 Å². The van der Waals surface area contributed by atoms with Gasteiger partial charge in [-0.1, -0.05) is 51.8 Å². The van der Waals surface area contributed by atoms with Crippen molar-refractivity contribution in [2.24, 2.45) is 0 Å². The van der Waals surface area contributed by atoms with Gasteiger partial charge in [0, 0.05) is 9.50 Å². The lowest BCUT2D eigenvalue weighted by molar-refractivity contribution is -0.141. The van der Waals surface area contributed by atoms with Crippen LogP contribution < -0.4 is 0 Å². The van der Waals surface area contributed by atoms with Crippen molar-refractivity contribution in [1.82, 2.24) is 0 Å². The molecule has 1 heterocycles. The summed E-state index contributed by atoms with van der Waals surface area (Å²) < 4.78 is 31.1. The van der Waals surface area contributed by atoms with Crippen molar-refractivity contribution in [2.75, 3.05) is 6.61 Å². The van der Waals surface area contributed by atoms with E-state index < -0.39 is 23.9 Å². The van der Waals surface area contributed by atoms with Crippen molar-refractivity contribution < 1.29 is 28.2 Å². The number of carbonyl (C=O) groups is 2. The summed E-state index contributed by atoms with van der Waals surface area (Å²) in [4.78, 5) is 25.6. The topological polar surface area (TPSA) is 61.8 Å². The minimum Gasteiger partial charge on any atom is -0.462 e. The number of ether oxygens (including phenoxy) is 3. The van der Waals surface area contributed by atoms with E-state index in [1.165, 1.54) is 6.92 Å². The molecule has 1 unspecified atom stereocenters. The van der Waals surface area contributed by atoms with E-state index in [0.29, 0.717) is 10.6 Å². The summed E-state index contributed by atoms with van der Waals surface area (Å²) in [6.45, 7) is 3.08. The van der Waals surface area contributed by atoms with Crippen molar-refractivity contribution in [3.05, 3.63) is 92.1 Å². The predicted molar refractivity (Wildman–Crippen MR) is 117 cm³/mol. The largest absolute Gasteiger partial charge is 0.462 e. The summed E-state index contributed by atoms with van der Waals surface area (Å²) in [5.74, 6) is -2.66. The third-order valence-electron chi connectivity index (χ3n) is 4.61. The van der Waals surface area contributed by atoms with E-state index in [2.05, 4.69) is 15.9 Å². The average molecular weight is 510 g/mol. The Hall–Kier alpha value is -2.64. The van der Waals surface area contributed by atoms with E-state index in [-0.39, 0.29) is 30.1 Å². The van der Waals surface area contributed by atoms with Gasteiger partial charge in [0.05, 0.1) is 18.1 Å². The molecule has 3 rings (SSSR count). The second-order valence-electron chi connectivity index (χ2n) is 6.67. The summed E-state index contributed by atoms with van der Waals surface area (Å²) in [7, 11) is 0. The van der Waals surface area contributed by atoms with Crippen molar-refractivity contribution in [2.45, 2.75) is 26.4 Å². The van der Waals surface area contributed by atoms with Crippen LogP contribution >= 0.6 is 27.5 Å². The smallest absolute Gasteiger partial charge is 0.341 e. The van der Waals surface area contributed by atoms with Crippen LogP contribution in [-0.4, -0.2) is 18.5 Å². The Morgan fingerprint density at radius 3 is 2.26 bits per heavy atom. The molecule has 0 radical (unpaired) electrons. The quantitative estimate of drug-likeness (QED) is 0.449. The standard InChI is InChI=1S/C23H19BrClFO5/c1-3-29-23(28)20-19(15-6-8-16(24)9-7-15)18(13(2)31-21(20)26)22(27)30-12-14-4-10-17(25)11-5-14/h4-11,19H,3,12H2,1-2H3. The predicted octanol–water partition coefficient (Wildman–Crippen LogP) is 5.98. The number of carbonyl (C=O) groups excluding carboxylic acids is 2. The maximum atomic E-state index is 14.8. The highest BCUT2D eigenvalue weighted by atomic mass is 79.9. The van der Waals surface area contributed by atoms with Crippen LogP contribution in [0.3, 0.4) is 0 Å². The SMILES string of the molecule is CCOC(=O)C1=C(F)OC(C)=C(C(=O)OCc2ccc(Cl)cc2)C1c1ccc(Br)cc1. The fraction of sp³-hybridized carbons (Fsp3) is 0.217. The first-order valence-electron chi connectivity index (χ1n) is 9.44. The van der Waals surface area contributed by atoms with Gasteiger partial charge in [-0.2, -0.15) is 4.39 Å². The average Bonchev–Trinajstić information content (AvgIpc) is 2.73. The minimum absolute atomic E-state index is 0.0135. The number of hydrogen-bond acceptors (Lipinski definition) is 5. The first-order chi connectivity index (χ1) is 14.8. The van der Waals surface area contributed by atoms with Gasteiger partial charge in [-0.15, -0.1) is 0 Å².